The zero-order valence-corrected chi connectivity index (χ0v) is 16.5. The van der Waals surface area contributed by atoms with Gasteiger partial charge in [-0.15, -0.1) is 0 Å². The maximum Gasteiger partial charge on any atom is 0.271 e. The summed E-state index contributed by atoms with van der Waals surface area (Å²) in [5.74, 6) is -0.434. The second kappa shape index (κ2) is 8.88. The maximum atomic E-state index is 12.5. The van der Waals surface area contributed by atoms with Crippen molar-refractivity contribution in [2.75, 3.05) is 11.9 Å². The van der Waals surface area contributed by atoms with Crippen molar-refractivity contribution in [3.63, 3.8) is 0 Å². The molecule has 0 bridgehead atoms. The molecular weight excluding hydrogens is 418 g/mol. The number of rotatable bonds is 7. The highest BCUT2D eigenvalue weighted by Crippen LogP contribution is 2.33. The highest BCUT2D eigenvalue weighted by Gasteiger charge is 2.31. The smallest absolute Gasteiger partial charge is 0.271 e. The summed E-state index contributed by atoms with van der Waals surface area (Å²) in [5, 5.41) is 23.0. The molecule has 1 saturated heterocycles. The van der Waals surface area contributed by atoms with Gasteiger partial charge in [-0.05, 0) is 24.6 Å². The molecule has 1 aliphatic heterocycles. The molecule has 0 spiro atoms. The normalized spacial score (nSPS) is 15.2. The minimum absolute atomic E-state index is 0.0381. The van der Waals surface area contributed by atoms with E-state index in [-0.39, 0.29) is 36.0 Å². The number of phenolic OH excluding ortho intramolecular Hbond substituents is 1. The molecule has 0 unspecified atom stereocenters. The molecule has 11 heteroatoms. The largest absolute Gasteiger partial charge is 0.506 e. The lowest BCUT2D eigenvalue weighted by molar-refractivity contribution is -0.384. The van der Waals surface area contributed by atoms with Gasteiger partial charge in [0, 0.05) is 31.2 Å². The minimum Gasteiger partial charge on any atom is -0.506 e. The Morgan fingerprint density at radius 2 is 2.21 bits per heavy atom. The molecule has 9 nitrogen and oxygen atoms in total. The predicted octanol–water partition coefficient (Wildman–Crippen LogP) is 3.51. The van der Waals surface area contributed by atoms with E-state index < -0.39 is 10.8 Å². The quantitative estimate of drug-likeness (QED) is 0.223. The van der Waals surface area contributed by atoms with E-state index in [4.69, 9.17) is 16.6 Å². The summed E-state index contributed by atoms with van der Waals surface area (Å²) in [6.07, 6.45) is 3.47. The second-order valence-electron chi connectivity index (χ2n) is 5.96. The molecule has 1 aromatic carbocycles. The number of aromatic hydroxyl groups is 1. The van der Waals surface area contributed by atoms with E-state index in [9.17, 15) is 24.8 Å². The molecule has 0 saturated carbocycles. The topological polar surface area (TPSA) is 126 Å². The average molecular weight is 433 g/mol. The number of anilines is 1. The van der Waals surface area contributed by atoms with Crippen molar-refractivity contribution in [1.82, 2.24) is 4.90 Å². The van der Waals surface area contributed by atoms with Crippen LogP contribution in [0, 0.1) is 10.1 Å². The van der Waals surface area contributed by atoms with Crippen LogP contribution < -0.4 is 5.32 Å². The zero-order chi connectivity index (χ0) is 21.0. The van der Waals surface area contributed by atoms with E-state index in [1.165, 1.54) is 11.2 Å². The van der Waals surface area contributed by atoms with Crippen LogP contribution in [0.3, 0.4) is 0 Å². The summed E-state index contributed by atoms with van der Waals surface area (Å²) in [5.41, 5.74) is -0.296. The molecule has 0 aliphatic carbocycles. The first-order valence-corrected chi connectivity index (χ1v) is 9.64. The number of nitro groups is 1. The number of nitrogens with one attached hydrogen (secondary N) is 1. The van der Waals surface area contributed by atoms with Crippen molar-refractivity contribution in [2.24, 2.45) is 0 Å². The monoisotopic (exact) mass is 433 g/mol. The van der Waals surface area contributed by atoms with Gasteiger partial charge in [-0.3, -0.25) is 24.6 Å². The van der Waals surface area contributed by atoms with Gasteiger partial charge in [0.05, 0.1) is 21.8 Å². The number of furan rings is 1. The number of amides is 2. The Labute approximate surface area is 174 Å². The number of hydrogen-bond donors (Lipinski definition) is 2. The Morgan fingerprint density at radius 3 is 2.90 bits per heavy atom. The fourth-order valence-corrected chi connectivity index (χ4v) is 3.83. The number of non-ortho nitro benzene ring substituents is 1. The Hall–Kier alpha value is -3.18. The van der Waals surface area contributed by atoms with Crippen LogP contribution in [0.2, 0.25) is 0 Å². The van der Waals surface area contributed by atoms with Crippen LogP contribution in [-0.4, -0.2) is 37.6 Å². The van der Waals surface area contributed by atoms with Crippen molar-refractivity contribution >= 4 is 57.6 Å². The van der Waals surface area contributed by atoms with Crippen molar-refractivity contribution in [1.29, 1.82) is 0 Å². The summed E-state index contributed by atoms with van der Waals surface area (Å²) < 4.78 is 5.59. The van der Waals surface area contributed by atoms with Crippen LogP contribution >= 0.6 is 24.0 Å². The first kappa shape index (κ1) is 20.6. The molecule has 2 aromatic rings. The summed E-state index contributed by atoms with van der Waals surface area (Å²) in [4.78, 5) is 36.6. The standard InChI is InChI=1S/C18H15N3O6S2/c22-14-6-5-11(21(25)26)9-13(14)19-16(23)4-1-7-20-17(24)15(29-18(20)28)10-12-3-2-8-27-12/h2-3,5-6,8-10,22H,1,4,7H2,(H,19,23)/b15-10-. The van der Waals surface area contributed by atoms with E-state index in [1.54, 1.807) is 18.2 Å². The van der Waals surface area contributed by atoms with Crippen molar-refractivity contribution < 1.29 is 24.0 Å². The minimum atomic E-state index is -0.624. The number of carbonyl (C=O) groups is 2. The Balaban J connectivity index is 1.54. The third kappa shape index (κ3) is 5.00. The first-order valence-electron chi connectivity index (χ1n) is 8.41. The van der Waals surface area contributed by atoms with Gasteiger partial charge in [0.15, 0.2) is 0 Å². The molecule has 1 fully saturated rings. The van der Waals surface area contributed by atoms with Crippen molar-refractivity contribution in [3.8, 4) is 5.75 Å². The summed E-state index contributed by atoms with van der Waals surface area (Å²) >= 11 is 6.39. The fraction of sp³-hybridized carbons (Fsp3) is 0.167. The third-order valence-corrected chi connectivity index (χ3v) is 5.32. The van der Waals surface area contributed by atoms with Gasteiger partial charge < -0.3 is 14.8 Å². The van der Waals surface area contributed by atoms with Crippen LogP contribution in [0.1, 0.15) is 18.6 Å². The fourth-order valence-electron chi connectivity index (χ4n) is 2.54. The molecule has 1 aromatic heterocycles. The molecule has 2 heterocycles. The van der Waals surface area contributed by atoms with Gasteiger partial charge in [0.2, 0.25) is 5.91 Å². The van der Waals surface area contributed by atoms with Gasteiger partial charge >= 0.3 is 0 Å². The number of thiocarbonyl (C=S) groups is 1. The van der Waals surface area contributed by atoms with Gasteiger partial charge in [0.25, 0.3) is 11.6 Å². The first-order chi connectivity index (χ1) is 13.8. The molecule has 3 rings (SSSR count). The molecule has 2 N–H and O–H groups in total. The van der Waals surface area contributed by atoms with E-state index in [2.05, 4.69) is 5.32 Å². The lowest BCUT2D eigenvalue weighted by atomic mass is 10.2. The van der Waals surface area contributed by atoms with Gasteiger partial charge in [-0.25, -0.2) is 0 Å². The number of phenols is 1. The number of hydrogen-bond acceptors (Lipinski definition) is 8. The van der Waals surface area contributed by atoms with Gasteiger partial charge in [0.1, 0.15) is 15.8 Å². The Kier molecular flexibility index (Phi) is 6.29. The zero-order valence-electron chi connectivity index (χ0n) is 14.9. The Morgan fingerprint density at radius 1 is 1.41 bits per heavy atom. The number of nitrogens with zero attached hydrogens (tertiary/aromatic N) is 2. The SMILES string of the molecule is O=C(CCCN1C(=O)/C(=C/c2ccco2)SC1=S)Nc1cc([N+](=O)[O-])ccc1O. The highest BCUT2D eigenvalue weighted by atomic mass is 32.2. The van der Waals surface area contributed by atoms with E-state index >= 15 is 0 Å². The number of thioether (sulfide) groups is 1. The van der Waals surface area contributed by atoms with Crippen LogP contribution in [-0.2, 0) is 9.59 Å². The molecular formula is C18H15N3O6S2. The van der Waals surface area contributed by atoms with E-state index in [0.29, 0.717) is 21.4 Å². The van der Waals surface area contributed by atoms with E-state index in [1.807, 2.05) is 0 Å². The van der Waals surface area contributed by atoms with Crippen LogP contribution in [0.4, 0.5) is 11.4 Å². The number of nitro benzene ring substituents is 1. The number of carbonyl (C=O) groups excluding carboxylic acids is 2. The summed E-state index contributed by atoms with van der Waals surface area (Å²) in [7, 11) is 0. The lowest BCUT2D eigenvalue weighted by Crippen LogP contribution is -2.29. The third-order valence-electron chi connectivity index (χ3n) is 3.94. The van der Waals surface area contributed by atoms with Gasteiger partial charge in [-0.2, -0.15) is 0 Å². The number of benzene rings is 1. The molecule has 29 heavy (non-hydrogen) atoms. The van der Waals surface area contributed by atoms with Crippen LogP contribution in [0.25, 0.3) is 6.08 Å². The predicted molar refractivity (Wildman–Crippen MR) is 111 cm³/mol. The molecule has 1 aliphatic rings. The maximum absolute atomic E-state index is 12.5. The van der Waals surface area contributed by atoms with Crippen molar-refractivity contribution in [2.45, 2.75) is 12.8 Å². The van der Waals surface area contributed by atoms with E-state index in [0.717, 1.165) is 30.0 Å². The summed E-state index contributed by atoms with van der Waals surface area (Å²) in [6, 6.07) is 6.79. The van der Waals surface area contributed by atoms with Gasteiger partial charge in [-0.1, -0.05) is 24.0 Å². The van der Waals surface area contributed by atoms with Crippen LogP contribution in [0.15, 0.2) is 45.9 Å². The highest BCUT2D eigenvalue weighted by molar-refractivity contribution is 8.26. The molecule has 0 radical (unpaired) electrons. The second-order valence-corrected chi connectivity index (χ2v) is 7.63. The lowest BCUT2D eigenvalue weighted by Gasteiger charge is -2.14. The average Bonchev–Trinajstić information content (AvgIpc) is 3.27. The molecule has 150 valence electrons. The molecule has 0 atom stereocenters. The molecule has 2 amide bonds. The summed E-state index contributed by atoms with van der Waals surface area (Å²) in [6.45, 7) is 0.245. The van der Waals surface area contributed by atoms with Crippen molar-refractivity contribution in [3.05, 3.63) is 57.4 Å². The van der Waals surface area contributed by atoms with Crippen LogP contribution in [0.5, 0.6) is 5.75 Å². The Bertz CT molecular complexity index is 1000.